The van der Waals surface area contributed by atoms with Crippen molar-refractivity contribution in [3.63, 3.8) is 0 Å². The quantitative estimate of drug-likeness (QED) is 0.239. The Morgan fingerprint density at radius 1 is 1.06 bits per heavy atom. The summed E-state index contributed by atoms with van der Waals surface area (Å²) < 4.78 is 31.9. The highest BCUT2D eigenvalue weighted by Gasteiger charge is 2.30. The van der Waals surface area contributed by atoms with Crippen LogP contribution in [0, 0.1) is 24.5 Å². The third-order valence-corrected chi connectivity index (χ3v) is 8.17. The van der Waals surface area contributed by atoms with E-state index in [2.05, 4.69) is 0 Å². The van der Waals surface area contributed by atoms with Crippen LogP contribution in [0.3, 0.4) is 0 Å². The summed E-state index contributed by atoms with van der Waals surface area (Å²) in [4.78, 5) is 31.8. The Bertz CT molecular complexity index is 1460. The number of halogens is 2. The molecule has 36 heavy (non-hydrogen) atoms. The number of carbonyl (C=O) groups excluding carboxylic acids is 2. The molecule has 4 aromatic rings. The second-order valence-corrected chi connectivity index (χ2v) is 10.9. The molecule has 1 fully saturated rings. The lowest BCUT2D eigenvalue weighted by atomic mass is 9.82. The molecule has 0 spiro atoms. The molecular weight excluding hydrogens is 478 g/mol. The molecule has 0 amide bonds. The van der Waals surface area contributed by atoms with E-state index in [1.54, 1.807) is 25.1 Å². The van der Waals surface area contributed by atoms with Crippen LogP contribution in [0.5, 0.6) is 0 Å². The van der Waals surface area contributed by atoms with Gasteiger partial charge in [-0.25, -0.2) is 13.8 Å². The number of rotatable bonds is 7. The number of hydrogen-bond donors (Lipinski definition) is 0. The standard InChI is InChI=1S/C29H28F2N2O2S/c1-3-26(34)21-15-24-25(16-23(21)31)33(29(32-24)20-9-4-5-10-22(20)30)19-8-6-7-18(13-19)14-27(35)28-12-11-17(2)36-28/h4-5,9-12,15-16,18-19H,3,6-8,13-14H2,1-2H3/t18-,19+/m1/s1. The third kappa shape index (κ3) is 4.64. The van der Waals surface area contributed by atoms with Crippen LogP contribution in [0.1, 0.15) is 76.4 Å². The van der Waals surface area contributed by atoms with Gasteiger partial charge in [0.2, 0.25) is 0 Å². The minimum atomic E-state index is -0.591. The van der Waals surface area contributed by atoms with Gasteiger partial charge in [-0.05, 0) is 62.4 Å². The lowest BCUT2D eigenvalue weighted by molar-refractivity contribution is 0.0944. The first-order valence-corrected chi connectivity index (χ1v) is 13.3. The monoisotopic (exact) mass is 506 g/mol. The number of Topliss-reactive ketones (excluding diaryl/α,β-unsaturated/α-hetero) is 2. The minimum absolute atomic E-state index is 0.00749. The van der Waals surface area contributed by atoms with Crippen molar-refractivity contribution in [2.24, 2.45) is 5.92 Å². The SMILES string of the molecule is CCC(=O)c1cc2nc(-c3ccccc3F)n([C@H]3CCC[C@@H](CC(=O)c4ccc(C)s4)C3)c2cc1F. The summed E-state index contributed by atoms with van der Waals surface area (Å²) in [6, 6.07) is 13.1. The fourth-order valence-corrected chi connectivity index (χ4v) is 6.17. The molecule has 0 N–H and O–H groups in total. The van der Waals surface area contributed by atoms with Gasteiger partial charge in [0.1, 0.15) is 17.5 Å². The maximum Gasteiger partial charge on any atom is 0.173 e. The molecule has 2 heterocycles. The van der Waals surface area contributed by atoms with Gasteiger partial charge in [-0.2, -0.15) is 0 Å². The molecule has 186 valence electrons. The average molecular weight is 507 g/mol. The lowest BCUT2D eigenvalue weighted by Crippen LogP contribution is -2.22. The van der Waals surface area contributed by atoms with E-state index in [9.17, 15) is 14.0 Å². The van der Waals surface area contributed by atoms with Crippen molar-refractivity contribution >= 4 is 33.9 Å². The van der Waals surface area contributed by atoms with E-state index >= 15 is 4.39 Å². The van der Waals surface area contributed by atoms with Crippen molar-refractivity contribution in [3.8, 4) is 11.4 Å². The van der Waals surface area contributed by atoms with Crippen LogP contribution < -0.4 is 0 Å². The Morgan fingerprint density at radius 3 is 2.58 bits per heavy atom. The van der Waals surface area contributed by atoms with Crippen LogP contribution in [0.15, 0.2) is 48.5 Å². The minimum Gasteiger partial charge on any atom is -0.321 e. The molecule has 2 aromatic heterocycles. The molecule has 4 nitrogen and oxygen atoms in total. The van der Waals surface area contributed by atoms with Crippen molar-refractivity contribution in [1.82, 2.24) is 9.55 Å². The van der Waals surface area contributed by atoms with E-state index in [0.29, 0.717) is 28.8 Å². The highest BCUT2D eigenvalue weighted by Crippen LogP contribution is 2.40. The van der Waals surface area contributed by atoms with Gasteiger partial charge >= 0.3 is 0 Å². The van der Waals surface area contributed by atoms with E-state index in [0.717, 1.165) is 35.4 Å². The van der Waals surface area contributed by atoms with E-state index < -0.39 is 11.6 Å². The number of carbonyl (C=O) groups is 2. The molecule has 7 heteroatoms. The number of fused-ring (bicyclic) bond motifs is 1. The summed E-state index contributed by atoms with van der Waals surface area (Å²) in [5, 5.41) is 0. The van der Waals surface area contributed by atoms with Gasteiger partial charge in [-0.3, -0.25) is 9.59 Å². The molecule has 0 unspecified atom stereocenters. The van der Waals surface area contributed by atoms with Gasteiger partial charge < -0.3 is 4.57 Å². The number of imidazole rings is 1. The first kappa shape index (κ1) is 24.5. The number of thiophene rings is 1. The maximum absolute atomic E-state index is 15.1. The second-order valence-electron chi connectivity index (χ2n) is 9.61. The summed E-state index contributed by atoms with van der Waals surface area (Å²) in [5.41, 5.74) is 1.36. The maximum atomic E-state index is 15.1. The van der Waals surface area contributed by atoms with E-state index in [-0.39, 0.29) is 35.5 Å². The number of ketones is 2. The van der Waals surface area contributed by atoms with Gasteiger partial charge in [0, 0.05) is 29.8 Å². The molecule has 2 aromatic carbocycles. The number of aromatic nitrogens is 2. The van der Waals surface area contributed by atoms with E-state index in [4.69, 9.17) is 4.98 Å². The number of benzene rings is 2. The predicted molar refractivity (Wildman–Crippen MR) is 139 cm³/mol. The molecular formula is C29H28F2N2O2S. The molecule has 0 bridgehead atoms. The number of hydrogen-bond acceptors (Lipinski definition) is 4. The highest BCUT2D eigenvalue weighted by molar-refractivity contribution is 7.14. The number of aryl methyl sites for hydroxylation is 1. The number of nitrogens with zero attached hydrogens (tertiary/aromatic N) is 2. The van der Waals surface area contributed by atoms with E-state index in [1.165, 1.54) is 29.5 Å². The lowest BCUT2D eigenvalue weighted by Gasteiger charge is -2.31. The fraction of sp³-hybridized carbons (Fsp3) is 0.345. The summed E-state index contributed by atoms with van der Waals surface area (Å²) in [6.45, 7) is 3.68. The molecule has 0 radical (unpaired) electrons. The van der Waals surface area contributed by atoms with Gasteiger partial charge in [-0.15, -0.1) is 11.3 Å². The van der Waals surface area contributed by atoms with Crippen molar-refractivity contribution in [1.29, 1.82) is 0 Å². The van der Waals surface area contributed by atoms with Crippen molar-refractivity contribution in [2.45, 2.75) is 58.4 Å². The summed E-state index contributed by atoms with van der Waals surface area (Å²) in [7, 11) is 0. The Labute approximate surface area is 213 Å². The zero-order valence-electron chi connectivity index (χ0n) is 20.4. The molecule has 5 rings (SSSR count). The van der Waals surface area contributed by atoms with Crippen LogP contribution >= 0.6 is 11.3 Å². The molecule has 0 saturated heterocycles. The summed E-state index contributed by atoms with van der Waals surface area (Å²) in [6.07, 6.45) is 4.05. The Balaban J connectivity index is 1.55. The molecule has 1 aliphatic rings. The average Bonchev–Trinajstić information content (AvgIpc) is 3.47. The van der Waals surface area contributed by atoms with Crippen molar-refractivity contribution < 1.29 is 18.4 Å². The fourth-order valence-electron chi connectivity index (χ4n) is 5.35. The Hall–Kier alpha value is -3.19. The molecule has 1 aliphatic carbocycles. The zero-order chi connectivity index (χ0) is 25.4. The van der Waals surface area contributed by atoms with Crippen LogP contribution in [-0.4, -0.2) is 21.1 Å². The normalized spacial score (nSPS) is 18.0. The van der Waals surface area contributed by atoms with E-state index in [1.807, 2.05) is 23.6 Å². The first-order chi connectivity index (χ1) is 17.4. The van der Waals surface area contributed by atoms with Crippen LogP contribution in [0.25, 0.3) is 22.4 Å². The van der Waals surface area contributed by atoms with Crippen molar-refractivity contribution in [2.75, 3.05) is 0 Å². The molecule has 0 aliphatic heterocycles. The van der Waals surface area contributed by atoms with Gasteiger partial charge in [-0.1, -0.05) is 25.5 Å². The summed E-state index contributed by atoms with van der Waals surface area (Å²) in [5.74, 6) is -0.542. The van der Waals surface area contributed by atoms with Crippen molar-refractivity contribution in [3.05, 3.63) is 75.5 Å². The molecule has 2 atom stereocenters. The Morgan fingerprint density at radius 2 is 1.86 bits per heavy atom. The van der Waals surface area contributed by atoms with Gasteiger partial charge in [0.15, 0.2) is 11.6 Å². The van der Waals surface area contributed by atoms with Gasteiger partial charge in [0.25, 0.3) is 0 Å². The van der Waals surface area contributed by atoms with Crippen LogP contribution in [0.2, 0.25) is 0 Å². The largest absolute Gasteiger partial charge is 0.321 e. The van der Waals surface area contributed by atoms with Gasteiger partial charge in [0.05, 0.1) is 27.0 Å². The molecule has 1 saturated carbocycles. The zero-order valence-corrected chi connectivity index (χ0v) is 21.2. The summed E-state index contributed by atoms with van der Waals surface area (Å²) >= 11 is 1.52. The Kier molecular flexibility index (Phi) is 6.84. The van der Waals surface area contributed by atoms with Crippen LogP contribution in [-0.2, 0) is 0 Å². The highest BCUT2D eigenvalue weighted by atomic mass is 32.1. The predicted octanol–water partition coefficient (Wildman–Crippen LogP) is 7.95. The topological polar surface area (TPSA) is 52.0 Å². The van der Waals surface area contributed by atoms with Crippen LogP contribution in [0.4, 0.5) is 8.78 Å². The second kappa shape index (κ2) is 10.1. The first-order valence-electron chi connectivity index (χ1n) is 12.4. The third-order valence-electron chi connectivity index (χ3n) is 7.12. The smallest absolute Gasteiger partial charge is 0.173 e.